The van der Waals surface area contributed by atoms with Crippen molar-refractivity contribution in [3.05, 3.63) is 0 Å². The van der Waals surface area contributed by atoms with E-state index in [9.17, 15) is 14.4 Å². The van der Waals surface area contributed by atoms with E-state index in [1.165, 1.54) is 6.92 Å². The van der Waals surface area contributed by atoms with Crippen molar-refractivity contribution in [2.75, 3.05) is 6.54 Å². The van der Waals surface area contributed by atoms with Crippen LogP contribution in [0.2, 0.25) is 0 Å². The van der Waals surface area contributed by atoms with Crippen molar-refractivity contribution in [2.45, 2.75) is 33.2 Å². The molecule has 0 saturated heterocycles. The summed E-state index contributed by atoms with van der Waals surface area (Å²) in [4.78, 5) is 32.6. The minimum Gasteiger partial charge on any atom is -0.481 e. The van der Waals surface area contributed by atoms with E-state index in [1.54, 1.807) is 0 Å². The van der Waals surface area contributed by atoms with Gasteiger partial charge in [-0.05, 0) is 12.8 Å². The quantitative estimate of drug-likeness (QED) is 0.548. The van der Waals surface area contributed by atoms with Crippen LogP contribution in [0.15, 0.2) is 0 Å². The predicted octanol–water partition coefficient (Wildman–Crippen LogP) is -0.262. The average molecular weight is 230 g/mol. The highest BCUT2D eigenvalue weighted by Crippen LogP contribution is 1.90. The molecule has 6 heteroatoms. The van der Waals surface area contributed by atoms with Gasteiger partial charge in [0.1, 0.15) is 12.5 Å². The molecular weight excluding hydrogens is 212 g/mol. The van der Waals surface area contributed by atoms with Crippen LogP contribution in [0.3, 0.4) is 0 Å². The van der Waals surface area contributed by atoms with E-state index in [0.29, 0.717) is 12.5 Å². The normalized spacial score (nSPS) is 12.0. The summed E-state index contributed by atoms with van der Waals surface area (Å²) in [7, 11) is 0. The van der Waals surface area contributed by atoms with Crippen molar-refractivity contribution < 1.29 is 19.5 Å². The van der Waals surface area contributed by atoms with E-state index in [1.807, 2.05) is 13.8 Å². The van der Waals surface area contributed by atoms with Gasteiger partial charge in [-0.3, -0.25) is 14.4 Å². The van der Waals surface area contributed by atoms with E-state index >= 15 is 0 Å². The molecule has 0 radical (unpaired) electrons. The van der Waals surface area contributed by atoms with Gasteiger partial charge in [0.2, 0.25) is 11.8 Å². The van der Waals surface area contributed by atoms with Crippen LogP contribution >= 0.6 is 0 Å². The third kappa shape index (κ3) is 6.80. The SMILES string of the molecule is CC(C)CNC(=O)C(C)NC(=O)CC(=O)O. The van der Waals surface area contributed by atoms with Gasteiger partial charge in [-0.1, -0.05) is 13.8 Å². The van der Waals surface area contributed by atoms with Crippen molar-refractivity contribution in [3.63, 3.8) is 0 Å². The Hall–Kier alpha value is -1.59. The second kappa shape index (κ2) is 6.81. The first-order valence-electron chi connectivity index (χ1n) is 5.11. The van der Waals surface area contributed by atoms with Gasteiger partial charge in [0.15, 0.2) is 0 Å². The lowest BCUT2D eigenvalue weighted by molar-refractivity contribution is -0.141. The third-order valence-electron chi connectivity index (χ3n) is 1.77. The summed E-state index contributed by atoms with van der Waals surface area (Å²) in [5, 5.41) is 13.3. The Balaban J connectivity index is 3.95. The van der Waals surface area contributed by atoms with Crippen LogP contribution in [-0.2, 0) is 14.4 Å². The third-order valence-corrected chi connectivity index (χ3v) is 1.77. The van der Waals surface area contributed by atoms with Crippen LogP contribution in [0.1, 0.15) is 27.2 Å². The molecule has 0 aliphatic heterocycles. The van der Waals surface area contributed by atoms with Crippen molar-refractivity contribution in [1.29, 1.82) is 0 Å². The minimum atomic E-state index is -1.22. The Kier molecular flexibility index (Phi) is 6.14. The number of hydrogen-bond acceptors (Lipinski definition) is 3. The summed E-state index contributed by atoms with van der Waals surface area (Å²) in [5.74, 6) is -1.87. The lowest BCUT2D eigenvalue weighted by Gasteiger charge is -2.14. The molecule has 0 rings (SSSR count). The maximum Gasteiger partial charge on any atom is 0.312 e. The lowest BCUT2D eigenvalue weighted by Crippen LogP contribution is -2.46. The first kappa shape index (κ1) is 14.4. The highest BCUT2D eigenvalue weighted by molar-refractivity contribution is 5.95. The number of rotatable bonds is 6. The molecule has 0 aromatic carbocycles. The molecule has 0 aliphatic carbocycles. The highest BCUT2D eigenvalue weighted by atomic mass is 16.4. The summed E-state index contributed by atoms with van der Waals surface area (Å²) in [5.41, 5.74) is 0. The van der Waals surface area contributed by atoms with Gasteiger partial charge >= 0.3 is 5.97 Å². The van der Waals surface area contributed by atoms with Crippen LogP contribution < -0.4 is 10.6 Å². The molecule has 0 spiro atoms. The van der Waals surface area contributed by atoms with Gasteiger partial charge < -0.3 is 15.7 Å². The number of aliphatic carboxylic acids is 1. The summed E-state index contributed by atoms with van der Waals surface area (Å²) in [6.45, 7) is 5.94. The topological polar surface area (TPSA) is 95.5 Å². The summed E-state index contributed by atoms with van der Waals surface area (Å²) >= 11 is 0. The second-order valence-corrected chi connectivity index (χ2v) is 4.00. The Morgan fingerprint density at radius 2 is 1.75 bits per heavy atom. The van der Waals surface area contributed by atoms with Crippen LogP contribution in [0.25, 0.3) is 0 Å². The van der Waals surface area contributed by atoms with Gasteiger partial charge in [-0.2, -0.15) is 0 Å². The van der Waals surface area contributed by atoms with Crippen LogP contribution in [-0.4, -0.2) is 35.5 Å². The zero-order valence-electron chi connectivity index (χ0n) is 9.74. The Labute approximate surface area is 94.4 Å². The van der Waals surface area contributed by atoms with Crippen LogP contribution in [0.5, 0.6) is 0 Å². The fourth-order valence-corrected chi connectivity index (χ4v) is 0.953. The summed E-state index contributed by atoms with van der Waals surface area (Å²) < 4.78 is 0. The molecule has 0 aromatic heterocycles. The molecule has 2 amide bonds. The van der Waals surface area contributed by atoms with Gasteiger partial charge in [-0.25, -0.2) is 0 Å². The first-order chi connectivity index (χ1) is 7.32. The molecular formula is C10H18N2O4. The number of carboxylic acids is 1. The Morgan fingerprint density at radius 1 is 1.19 bits per heavy atom. The smallest absolute Gasteiger partial charge is 0.312 e. The van der Waals surface area contributed by atoms with Crippen molar-refractivity contribution in [3.8, 4) is 0 Å². The Bertz CT molecular complexity index is 276. The minimum absolute atomic E-state index is 0.313. The largest absolute Gasteiger partial charge is 0.481 e. The number of amides is 2. The molecule has 92 valence electrons. The predicted molar refractivity (Wildman–Crippen MR) is 57.7 cm³/mol. The zero-order chi connectivity index (χ0) is 12.7. The van der Waals surface area contributed by atoms with Crippen molar-refractivity contribution in [2.24, 2.45) is 5.92 Å². The molecule has 1 unspecified atom stereocenters. The van der Waals surface area contributed by atoms with E-state index in [-0.39, 0.29) is 5.91 Å². The zero-order valence-corrected chi connectivity index (χ0v) is 9.74. The lowest BCUT2D eigenvalue weighted by atomic mass is 10.2. The van der Waals surface area contributed by atoms with Gasteiger partial charge in [-0.15, -0.1) is 0 Å². The fourth-order valence-electron chi connectivity index (χ4n) is 0.953. The molecule has 1 atom stereocenters. The number of carboxylic acid groups (broad SMARTS) is 1. The molecule has 0 heterocycles. The number of hydrogen-bond donors (Lipinski definition) is 3. The van der Waals surface area contributed by atoms with Crippen molar-refractivity contribution in [1.82, 2.24) is 10.6 Å². The molecule has 6 nitrogen and oxygen atoms in total. The number of carbonyl (C=O) groups excluding carboxylic acids is 2. The van der Waals surface area contributed by atoms with Crippen LogP contribution in [0.4, 0.5) is 0 Å². The molecule has 0 bridgehead atoms. The molecule has 0 fully saturated rings. The molecule has 0 saturated carbocycles. The molecule has 0 aliphatic rings. The average Bonchev–Trinajstić information content (AvgIpc) is 2.12. The van der Waals surface area contributed by atoms with Gasteiger partial charge in [0.05, 0.1) is 0 Å². The van der Waals surface area contributed by atoms with Crippen molar-refractivity contribution >= 4 is 17.8 Å². The number of carbonyl (C=O) groups is 3. The maximum atomic E-state index is 11.4. The summed E-state index contributed by atoms with van der Waals surface area (Å²) in [6.07, 6.45) is -0.623. The summed E-state index contributed by atoms with van der Waals surface area (Å²) in [6, 6.07) is -0.717. The van der Waals surface area contributed by atoms with Crippen LogP contribution in [0, 0.1) is 5.92 Å². The standard InChI is InChI=1S/C10H18N2O4/c1-6(2)5-11-10(16)7(3)12-8(13)4-9(14)15/h6-7H,4-5H2,1-3H3,(H,11,16)(H,12,13)(H,14,15). The first-order valence-corrected chi connectivity index (χ1v) is 5.11. The second-order valence-electron chi connectivity index (χ2n) is 4.00. The fraction of sp³-hybridized carbons (Fsp3) is 0.700. The van der Waals surface area contributed by atoms with Gasteiger partial charge in [0, 0.05) is 6.54 Å². The van der Waals surface area contributed by atoms with E-state index in [0.717, 1.165) is 0 Å². The molecule has 16 heavy (non-hydrogen) atoms. The van der Waals surface area contributed by atoms with Gasteiger partial charge in [0.25, 0.3) is 0 Å². The van der Waals surface area contributed by atoms with E-state index in [2.05, 4.69) is 10.6 Å². The van der Waals surface area contributed by atoms with E-state index < -0.39 is 24.3 Å². The number of nitrogens with one attached hydrogen (secondary N) is 2. The molecule has 3 N–H and O–H groups in total. The van der Waals surface area contributed by atoms with E-state index in [4.69, 9.17) is 5.11 Å². The maximum absolute atomic E-state index is 11.4. The monoisotopic (exact) mass is 230 g/mol. The highest BCUT2D eigenvalue weighted by Gasteiger charge is 2.16. The Morgan fingerprint density at radius 3 is 2.19 bits per heavy atom. The molecule has 0 aromatic rings.